The van der Waals surface area contributed by atoms with E-state index in [2.05, 4.69) is 15.0 Å². The highest BCUT2D eigenvalue weighted by atomic mass is 32.1. The van der Waals surface area contributed by atoms with Crippen molar-refractivity contribution in [2.24, 2.45) is 0 Å². The normalized spacial score (nSPS) is 13.9. The number of aryl methyl sites for hydroxylation is 1. The van der Waals surface area contributed by atoms with Gasteiger partial charge in [-0.3, -0.25) is 0 Å². The van der Waals surface area contributed by atoms with Crippen LogP contribution in [0.5, 0.6) is 0 Å². The Hall–Kier alpha value is -0.660. The molecule has 0 bridgehead atoms. The van der Waals surface area contributed by atoms with Crippen molar-refractivity contribution in [1.82, 2.24) is 10.3 Å². The molecule has 1 unspecified atom stereocenters. The Morgan fingerprint density at radius 2 is 2.24 bits per heavy atom. The monoisotopic (exact) mass is 268 g/mol. The molecule has 0 aliphatic carbocycles. The summed E-state index contributed by atoms with van der Waals surface area (Å²) >= 11 is 1.53. The molecule has 0 aromatic carbocycles. The predicted octanol–water partition coefficient (Wildman–Crippen LogP) is 2.68. The zero-order valence-corrected chi connectivity index (χ0v) is 10.5. The molecule has 1 N–H and O–H groups in total. The molecule has 7 heteroatoms. The fraction of sp³-hybridized carbons (Fsp3) is 0.700. The van der Waals surface area contributed by atoms with E-state index in [0.29, 0.717) is 6.54 Å². The van der Waals surface area contributed by atoms with E-state index in [1.807, 2.05) is 13.8 Å². The summed E-state index contributed by atoms with van der Waals surface area (Å²) in [7, 11) is 0. The molecule has 0 saturated heterocycles. The van der Waals surface area contributed by atoms with E-state index < -0.39 is 12.8 Å². The van der Waals surface area contributed by atoms with Gasteiger partial charge in [0.05, 0.1) is 17.8 Å². The van der Waals surface area contributed by atoms with Crippen LogP contribution in [-0.2, 0) is 4.74 Å². The van der Waals surface area contributed by atoms with Crippen LogP contribution in [0.15, 0.2) is 5.51 Å². The lowest BCUT2D eigenvalue weighted by Gasteiger charge is -2.13. The highest BCUT2D eigenvalue weighted by Crippen LogP contribution is 2.20. The van der Waals surface area contributed by atoms with E-state index in [1.165, 1.54) is 11.3 Å². The van der Waals surface area contributed by atoms with Crippen LogP contribution in [-0.4, -0.2) is 30.9 Å². The highest BCUT2D eigenvalue weighted by molar-refractivity contribution is 7.09. The Morgan fingerprint density at radius 3 is 2.76 bits per heavy atom. The summed E-state index contributed by atoms with van der Waals surface area (Å²) < 4.78 is 39.8. The van der Waals surface area contributed by atoms with Gasteiger partial charge < -0.3 is 10.1 Å². The second kappa shape index (κ2) is 6.32. The molecule has 0 amide bonds. The van der Waals surface area contributed by atoms with Gasteiger partial charge in [-0.1, -0.05) is 0 Å². The molecule has 17 heavy (non-hydrogen) atoms. The van der Waals surface area contributed by atoms with Crippen molar-refractivity contribution in [2.75, 3.05) is 19.8 Å². The summed E-state index contributed by atoms with van der Waals surface area (Å²) in [4.78, 5) is 5.21. The quantitative estimate of drug-likeness (QED) is 0.805. The fourth-order valence-electron chi connectivity index (χ4n) is 1.35. The molecule has 3 nitrogen and oxygen atoms in total. The van der Waals surface area contributed by atoms with Gasteiger partial charge in [0.1, 0.15) is 6.61 Å². The zero-order chi connectivity index (χ0) is 12.9. The second-order valence-electron chi connectivity index (χ2n) is 3.65. The van der Waals surface area contributed by atoms with Crippen LogP contribution in [0.25, 0.3) is 0 Å². The van der Waals surface area contributed by atoms with Crippen molar-refractivity contribution in [1.29, 1.82) is 0 Å². The third-order valence-corrected chi connectivity index (χ3v) is 3.25. The summed E-state index contributed by atoms with van der Waals surface area (Å²) in [6.45, 7) is 3.09. The van der Waals surface area contributed by atoms with Crippen molar-refractivity contribution in [2.45, 2.75) is 26.1 Å². The van der Waals surface area contributed by atoms with E-state index in [4.69, 9.17) is 0 Å². The molecule has 0 spiro atoms. The first-order valence-corrected chi connectivity index (χ1v) is 6.06. The van der Waals surface area contributed by atoms with E-state index in [0.717, 1.165) is 10.6 Å². The molecule has 0 aliphatic rings. The van der Waals surface area contributed by atoms with Gasteiger partial charge in [0.25, 0.3) is 0 Å². The molecule has 0 radical (unpaired) electrons. The third-order valence-electron chi connectivity index (χ3n) is 2.14. The number of nitrogens with zero attached hydrogens (tertiary/aromatic N) is 1. The number of aromatic nitrogens is 1. The van der Waals surface area contributed by atoms with Gasteiger partial charge in [0.2, 0.25) is 0 Å². The van der Waals surface area contributed by atoms with E-state index >= 15 is 0 Å². The SMILES string of the molecule is Cc1ncsc1C(C)NCCOCC(F)(F)F. The number of ether oxygens (including phenoxy) is 1. The van der Waals surface area contributed by atoms with Crippen molar-refractivity contribution < 1.29 is 17.9 Å². The zero-order valence-electron chi connectivity index (χ0n) is 9.67. The van der Waals surface area contributed by atoms with Gasteiger partial charge in [0.15, 0.2) is 0 Å². The van der Waals surface area contributed by atoms with Crippen LogP contribution in [0.4, 0.5) is 13.2 Å². The Labute approximate surface area is 102 Å². The lowest BCUT2D eigenvalue weighted by molar-refractivity contribution is -0.173. The topological polar surface area (TPSA) is 34.2 Å². The summed E-state index contributed by atoms with van der Waals surface area (Å²) in [5.74, 6) is 0. The molecular weight excluding hydrogens is 253 g/mol. The number of thiazole rings is 1. The number of rotatable bonds is 6. The van der Waals surface area contributed by atoms with Crippen LogP contribution in [0.3, 0.4) is 0 Å². The first kappa shape index (κ1) is 14.4. The lowest BCUT2D eigenvalue weighted by Crippen LogP contribution is -2.25. The van der Waals surface area contributed by atoms with Gasteiger partial charge in [-0.05, 0) is 13.8 Å². The second-order valence-corrected chi connectivity index (χ2v) is 4.53. The Kier molecular flexibility index (Phi) is 5.35. The standard InChI is InChI=1S/C10H15F3N2OS/c1-7(9-8(2)15-6-17-9)14-3-4-16-5-10(11,12)13/h6-7,14H,3-5H2,1-2H3. The third kappa shape index (κ3) is 5.47. The minimum absolute atomic E-state index is 0.0434. The van der Waals surface area contributed by atoms with E-state index in [-0.39, 0.29) is 12.6 Å². The number of hydrogen-bond acceptors (Lipinski definition) is 4. The summed E-state index contributed by atoms with van der Waals surface area (Å²) in [6.07, 6.45) is -4.25. The molecule has 1 aromatic heterocycles. The largest absolute Gasteiger partial charge is 0.411 e. The number of alkyl halides is 3. The molecule has 1 atom stereocenters. The lowest BCUT2D eigenvalue weighted by atomic mass is 10.2. The van der Waals surface area contributed by atoms with Gasteiger partial charge in [-0.2, -0.15) is 13.2 Å². The Bertz CT molecular complexity index is 341. The van der Waals surface area contributed by atoms with Gasteiger partial charge in [-0.15, -0.1) is 11.3 Å². The molecule has 0 saturated carbocycles. The Balaban J connectivity index is 2.17. The maximum absolute atomic E-state index is 11.8. The molecular formula is C10H15F3N2OS. The highest BCUT2D eigenvalue weighted by Gasteiger charge is 2.27. The number of hydrogen-bond donors (Lipinski definition) is 1. The molecule has 1 heterocycles. The van der Waals surface area contributed by atoms with Crippen LogP contribution in [0.2, 0.25) is 0 Å². The van der Waals surface area contributed by atoms with Gasteiger partial charge in [-0.25, -0.2) is 4.98 Å². The van der Waals surface area contributed by atoms with E-state index in [1.54, 1.807) is 5.51 Å². The molecule has 1 rings (SSSR count). The summed E-state index contributed by atoms with van der Waals surface area (Å²) in [5, 5.41) is 3.09. The Morgan fingerprint density at radius 1 is 1.53 bits per heavy atom. The first-order valence-electron chi connectivity index (χ1n) is 5.18. The van der Waals surface area contributed by atoms with Crippen molar-refractivity contribution in [3.8, 4) is 0 Å². The van der Waals surface area contributed by atoms with Gasteiger partial charge >= 0.3 is 6.18 Å². The predicted molar refractivity (Wildman–Crippen MR) is 60.1 cm³/mol. The fourth-order valence-corrected chi connectivity index (χ4v) is 2.19. The number of halogens is 3. The maximum Gasteiger partial charge on any atom is 0.411 e. The molecule has 98 valence electrons. The van der Waals surface area contributed by atoms with Crippen LogP contribution in [0, 0.1) is 6.92 Å². The molecule has 0 fully saturated rings. The van der Waals surface area contributed by atoms with Crippen LogP contribution in [0.1, 0.15) is 23.5 Å². The first-order chi connectivity index (χ1) is 7.90. The van der Waals surface area contributed by atoms with Gasteiger partial charge in [0, 0.05) is 17.5 Å². The summed E-state index contributed by atoms with van der Waals surface area (Å²) in [6, 6.07) is 0.0805. The van der Waals surface area contributed by atoms with Crippen molar-refractivity contribution in [3.05, 3.63) is 16.1 Å². The maximum atomic E-state index is 11.8. The van der Waals surface area contributed by atoms with Crippen LogP contribution >= 0.6 is 11.3 Å². The minimum atomic E-state index is -4.25. The number of nitrogens with one attached hydrogen (secondary N) is 1. The van der Waals surface area contributed by atoms with Crippen LogP contribution < -0.4 is 5.32 Å². The van der Waals surface area contributed by atoms with Crippen molar-refractivity contribution in [3.63, 3.8) is 0 Å². The average Bonchev–Trinajstić information content (AvgIpc) is 2.62. The molecule has 1 aromatic rings. The van der Waals surface area contributed by atoms with Crippen molar-refractivity contribution >= 4 is 11.3 Å². The minimum Gasteiger partial charge on any atom is -0.371 e. The average molecular weight is 268 g/mol. The molecule has 0 aliphatic heterocycles. The van der Waals surface area contributed by atoms with E-state index in [9.17, 15) is 13.2 Å². The summed E-state index contributed by atoms with van der Waals surface area (Å²) in [5.41, 5.74) is 2.70. The smallest absolute Gasteiger partial charge is 0.371 e.